The molecule has 1 atom stereocenters. The number of pyridine rings is 1. The maximum absolute atomic E-state index is 12.5. The van der Waals surface area contributed by atoms with Crippen LogP contribution in [0.5, 0.6) is 0 Å². The van der Waals surface area contributed by atoms with Crippen LogP contribution in [0.3, 0.4) is 0 Å². The highest BCUT2D eigenvalue weighted by molar-refractivity contribution is 7.94. The minimum Gasteiger partial charge on any atom is -0.618 e. The van der Waals surface area contributed by atoms with Gasteiger partial charge in [0.05, 0.1) is 11.8 Å². The van der Waals surface area contributed by atoms with Gasteiger partial charge in [0.15, 0.2) is 16.0 Å². The number of carbonyl (C=O) groups excluding carboxylic acids is 1. The molecule has 0 radical (unpaired) electrons. The molecule has 8 heteroatoms. The summed E-state index contributed by atoms with van der Waals surface area (Å²) in [6.07, 6.45) is 2.75. The molecule has 7 nitrogen and oxygen atoms in total. The topological polar surface area (TPSA) is 102 Å². The molecule has 3 aromatic rings. The lowest BCUT2D eigenvalue weighted by Gasteiger charge is -2.13. The number of nitrogens with one attached hydrogen (secondary N) is 2. The molecule has 2 aromatic carbocycles. The van der Waals surface area contributed by atoms with E-state index in [2.05, 4.69) is 10.6 Å². The van der Waals surface area contributed by atoms with Crippen LogP contribution in [0.1, 0.15) is 16.1 Å². The molecule has 1 amide bonds. The molecular formula is C23H21N3O4S. The van der Waals surface area contributed by atoms with Gasteiger partial charge in [0.1, 0.15) is 0 Å². The van der Waals surface area contributed by atoms with Gasteiger partial charge >= 0.3 is 5.91 Å². The maximum atomic E-state index is 12.5. The molecule has 0 unspecified atom stereocenters. The first-order valence-corrected chi connectivity index (χ1v) is 11.4. The summed E-state index contributed by atoms with van der Waals surface area (Å²) in [6, 6.07) is 20.1. The zero-order chi connectivity index (χ0) is 21.8. The van der Waals surface area contributed by atoms with Crippen molar-refractivity contribution in [1.29, 1.82) is 0 Å². The van der Waals surface area contributed by atoms with Crippen molar-refractivity contribution < 1.29 is 17.9 Å². The SMILES string of the molecule is O=C(N[C@@H]1C=CS(=O)(=O)C1)c1ccc(-c2ccccc2NCc2ccccc2)c[n+]1[O-]. The highest BCUT2D eigenvalue weighted by Crippen LogP contribution is 2.27. The van der Waals surface area contributed by atoms with E-state index in [1.165, 1.54) is 18.3 Å². The third kappa shape index (κ3) is 4.92. The van der Waals surface area contributed by atoms with Gasteiger partial charge in [-0.1, -0.05) is 48.5 Å². The Bertz CT molecular complexity index is 1240. The van der Waals surface area contributed by atoms with Crippen LogP contribution in [0.25, 0.3) is 11.1 Å². The largest absolute Gasteiger partial charge is 0.618 e. The molecule has 158 valence electrons. The van der Waals surface area contributed by atoms with E-state index in [9.17, 15) is 18.4 Å². The molecular weight excluding hydrogens is 414 g/mol. The second-order valence-electron chi connectivity index (χ2n) is 7.25. The Kier molecular flexibility index (Phi) is 5.73. The Labute approximate surface area is 180 Å². The zero-order valence-electron chi connectivity index (χ0n) is 16.6. The van der Waals surface area contributed by atoms with Gasteiger partial charge in [-0.05, 0) is 23.8 Å². The molecule has 0 bridgehead atoms. The number of hydrogen-bond donors (Lipinski definition) is 2. The smallest absolute Gasteiger partial charge is 0.317 e. The first kappa shape index (κ1) is 20.6. The lowest BCUT2D eigenvalue weighted by Crippen LogP contribution is -2.43. The third-order valence-corrected chi connectivity index (χ3v) is 6.35. The van der Waals surface area contributed by atoms with Crippen LogP contribution in [0.2, 0.25) is 0 Å². The number of hydrogen-bond acceptors (Lipinski definition) is 5. The molecule has 1 aliphatic heterocycles. The molecule has 31 heavy (non-hydrogen) atoms. The monoisotopic (exact) mass is 435 g/mol. The number of amides is 1. The summed E-state index contributed by atoms with van der Waals surface area (Å²) in [4.78, 5) is 12.4. The van der Waals surface area contributed by atoms with Crippen LogP contribution in [-0.4, -0.2) is 26.1 Å². The fourth-order valence-corrected chi connectivity index (χ4v) is 4.64. The second kappa shape index (κ2) is 8.61. The van der Waals surface area contributed by atoms with Crippen LogP contribution >= 0.6 is 0 Å². The number of benzene rings is 2. The number of rotatable bonds is 6. The highest BCUT2D eigenvalue weighted by Gasteiger charge is 2.26. The van der Waals surface area contributed by atoms with E-state index in [0.29, 0.717) is 16.8 Å². The molecule has 4 rings (SSSR count). The summed E-state index contributed by atoms with van der Waals surface area (Å²) in [5, 5.41) is 19.6. The molecule has 0 spiro atoms. The van der Waals surface area contributed by atoms with Gasteiger partial charge in [-0.3, -0.25) is 4.79 Å². The maximum Gasteiger partial charge on any atom is 0.317 e. The van der Waals surface area contributed by atoms with E-state index in [-0.39, 0.29) is 11.4 Å². The quantitative estimate of drug-likeness (QED) is 0.458. The van der Waals surface area contributed by atoms with E-state index in [0.717, 1.165) is 22.2 Å². The van der Waals surface area contributed by atoms with Gasteiger partial charge < -0.3 is 15.8 Å². The lowest BCUT2D eigenvalue weighted by molar-refractivity contribution is -0.607. The average Bonchev–Trinajstić information content (AvgIpc) is 3.11. The van der Waals surface area contributed by atoms with Crippen molar-refractivity contribution in [2.24, 2.45) is 0 Å². The van der Waals surface area contributed by atoms with Crippen molar-refractivity contribution in [3.05, 3.63) is 101 Å². The van der Waals surface area contributed by atoms with Crippen LogP contribution in [0.4, 0.5) is 5.69 Å². The Morgan fingerprint density at radius 1 is 1.03 bits per heavy atom. The first-order chi connectivity index (χ1) is 14.9. The summed E-state index contributed by atoms with van der Waals surface area (Å²) in [6.45, 7) is 0.632. The predicted octanol–water partition coefficient (Wildman–Crippen LogP) is 2.64. The van der Waals surface area contributed by atoms with Gasteiger partial charge in [-0.25, -0.2) is 8.42 Å². The molecule has 2 N–H and O–H groups in total. The van der Waals surface area contributed by atoms with E-state index >= 15 is 0 Å². The lowest BCUT2D eigenvalue weighted by atomic mass is 10.0. The summed E-state index contributed by atoms with van der Waals surface area (Å²) >= 11 is 0. The van der Waals surface area contributed by atoms with Crippen molar-refractivity contribution in [1.82, 2.24) is 5.32 Å². The molecule has 0 saturated heterocycles. The molecule has 0 saturated carbocycles. The van der Waals surface area contributed by atoms with E-state index in [1.807, 2.05) is 54.6 Å². The van der Waals surface area contributed by atoms with E-state index < -0.39 is 21.8 Å². The number of carbonyl (C=O) groups is 1. The summed E-state index contributed by atoms with van der Waals surface area (Å²) in [5.74, 6) is -0.820. The molecule has 2 heterocycles. The normalized spacial score (nSPS) is 16.7. The summed E-state index contributed by atoms with van der Waals surface area (Å²) < 4.78 is 23.5. The number of aromatic nitrogens is 1. The molecule has 1 aromatic heterocycles. The molecule has 0 fully saturated rings. The van der Waals surface area contributed by atoms with Gasteiger partial charge in [0, 0.05) is 34.8 Å². The van der Waals surface area contributed by atoms with Gasteiger partial charge in [-0.15, -0.1) is 0 Å². The van der Waals surface area contributed by atoms with Crippen molar-refractivity contribution >= 4 is 21.4 Å². The van der Waals surface area contributed by atoms with Crippen LogP contribution in [-0.2, 0) is 16.4 Å². The highest BCUT2D eigenvalue weighted by atomic mass is 32.2. The summed E-state index contributed by atoms with van der Waals surface area (Å²) in [7, 11) is -3.29. The zero-order valence-corrected chi connectivity index (χ0v) is 17.4. The number of anilines is 1. The number of sulfone groups is 1. The Hall–Kier alpha value is -3.65. The summed E-state index contributed by atoms with van der Waals surface area (Å²) in [5.41, 5.74) is 3.39. The number of para-hydroxylation sites is 1. The minimum absolute atomic E-state index is 0.101. The van der Waals surface area contributed by atoms with E-state index in [1.54, 1.807) is 6.07 Å². The standard InChI is InChI=1S/C23H21N3O4S/c27-23(25-19-12-13-31(29,30)16-19)22-11-10-18(15-26(22)28)20-8-4-5-9-21(20)24-14-17-6-2-1-3-7-17/h1-13,15,19,24H,14,16H2,(H,25,27)/t19-/m1/s1. The van der Waals surface area contributed by atoms with Crippen molar-refractivity contribution in [3.63, 3.8) is 0 Å². The van der Waals surface area contributed by atoms with Crippen LogP contribution < -0.4 is 15.4 Å². The van der Waals surface area contributed by atoms with E-state index in [4.69, 9.17) is 0 Å². The first-order valence-electron chi connectivity index (χ1n) is 9.73. The molecule has 1 aliphatic rings. The van der Waals surface area contributed by atoms with Crippen LogP contribution in [0, 0.1) is 5.21 Å². The Morgan fingerprint density at radius 3 is 2.48 bits per heavy atom. The predicted molar refractivity (Wildman–Crippen MR) is 119 cm³/mol. The minimum atomic E-state index is -3.29. The Morgan fingerprint density at radius 2 is 1.77 bits per heavy atom. The van der Waals surface area contributed by atoms with Gasteiger partial charge in [-0.2, -0.15) is 4.73 Å². The second-order valence-corrected chi connectivity index (χ2v) is 9.18. The van der Waals surface area contributed by atoms with Crippen molar-refractivity contribution in [3.8, 4) is 11.1 Å². The fourth-order valence-electron chi connectivity index (χ4n) is 3.41. The van der Waals surface area contributed by atoms with Gasteiger partial charge in [0.25, 0.3) is 5.69 Å². The third-order valence-electron chi connectivity index (χ3n) is 4.96. The van der Waals surface area contributed by atoms with Crippen molar-refractivity contribution in [2.75, 3.05) is 11.1 Å². The molecule has 0 aliphatic carbocycles. The van der Waals surface area contributed by atoms with Gasteiger partial charge in [0.2, 0.25) is 0 Å². The fraction of sp³-hybridized carbons (Fsp3) is 0.130. The Balaban J connectivity index is 1.52. The number of nitrogens with zero attached hydrogens (tertiary/aromatic N) is 1. The van der Waals surface area contributed by atoms with Crippen molar-refractivity contribution in [2.45, 2.75) is 12.6 Å². The average molecular weight is 436 g/mol. The van der Waals surface area contributed by atoms with Crippen LogP contribution in [0.15, 0.2) is 84.4 Å².